The molecule has 1 saturated heterocycles. The van der Waals surface area contributed by atoms with Crippen LogP contribution in [0.25, 0.3) is 0 Å². The summed E-state index contributed by atoms with van der Waals surface area (Å²) in [5.41, 5.74) is -0.340. The molecular formula is C14H22BrClN2O4S. The lowest BCUT2D eigenvalue weighted by molar-refractivity contribution is 0.122. The Morgan fingerprint density at radius 3 is 2.70 bits per heavy atom. The van der Waals surface area contributed by atoms with Gasteiger partial charge in [-0.25, -0.2) is 13.1 Å². The Kier molecular flexibility index (Phi) is 7.76. The summed E-state index contributed by atoms with van der Waals surface area (Å²) in [5, 5.41) is 3.34. The lowest BCUT2D eigenvalue weighted by atomic mass is 9.99. The first-order valence-corrected chi connectivity index (χ1v) is 9.27. The van der Waals surface area contributed by atoms with Gasteiger partial charge in [0.05, 0.1) is 24.2 Å². The average Bonchev–Trinajstić information content (AvgIpc) is 2.95. The quantitative estimate of drug-likeness (QED) is 0.692. The van der Waals surface area contributed by atoms with Crippen LogP contribution < -0.4 is 14.8 Å². The van der Waals surface area contributed by atoms with E-state index in [1.807, 2.05) is 0 Å². The minimum atomic E-state index is -3.64. The van der Waals surface area contributed by atoms with E-state index in [4.69, 9.17) is 9.47 Å². The Morgan fingerprint density at radius 1 is 1.39 bits per heavy atom. The summed E-state index contributed by atoms with van der Waals surface area (Å²) in [6.07, 6.45) is 1.89. The van der Waals surface area contributed by atoms with Gasteiger partial charge in [0, 0.05) is 24.2 Å². The predicted octanol–water partition coefficient (Wildman–Crippen LogP) is 1.93. The molecule has 9 heteroatoms. The largest absolute Gasteiger partial charge is 0.497 e. The summed E-state index contributed by atoms with van der Waals surface area (Å²) in [4.78, 5) is 0.164. The molecule has 132 valence electrons. The molecule has 6 nitrogen and oxygen atoms in total. The molecule has 1 atom stereocenters. The van der Waals surface area contributed by atoms with E-state index in [0.29, 0.717) is 16.8 Å². The second-order valence-corrected chi connectivity index (χ2v) is 7.95. The van der Waals surface area contributed by atoms with Gasteiger partial charge in [-0.05, 0) is 47.4 Å². The lowest BCUT2D eigenvalue weighted by Crippen LogP contribution is -2.52. The van der Waals surface area contributed by atoms with Gasteiger partial charge in [0.15, 0.2) is 0 Å². The Hall–Kier alpha value is -0.380. The van der Waals surface area contributed by atoms with Crippen molar-refractivity contribution < 1.29 is 17.9 Å². The highest BCUT2D eigenvalue weighted by molar-refractivity contribution is 9.10. The molecule has 0 amide bonds. The molecule has 1 unspecified atom stereocenters. The van der Waals surface area contributed by atoms with Crippen molar-refractivity contribution >= 4 is 38.4 Å². The van der Waals surface area contributed by atoms with E-state index in [1.54, 1.807) is 19.2 Å². The van der Waals surface area contributed by atoms with Crippen LogP contribution >= 0.6 is 28.3 Å². The van der Waals surface area contributed by atoms with Gasteiger partial charge < -0.3 is 14.8 Å². The fraction of sp³-hybridized carbons (Fsp3) is 0.571. The standard InChI is InChI=1S/C14H21BrN2O4S.ClH/c1-20-10-14(6-3-7-16-14)9-17-22(18,19)13-8-11(21-2)4-5-12(13)15;/h4-5,8,16-17H,3,6-7,9-10H2,1-2H3;1H. The molecule has 2 rings (SSSR count). The van der Waals surface area contributed by atoms with Crippen LogP contribution in [0.15, 0.2) is 27.6 Å². The molecule has 0 spiro atoms. The summed E-state index contributed by atoms with van der Waals surface area (Å²) >= 11 is 3.28. The number of sulfonamides is 1. The molecule has 1 aromatic rings. The van der Waals surface area contributed by atoms with Gasteiger partial charge in [0.1, 0.15) is 5.75 Å². The molecule has 0 aromatic heterocycles. The van der Waals surface area contributed by atoms with Crippen LogP contribution in [-0.2, 0) is 14.8 Å². The highest BCUT2D eigenvalue weighted by atomic mass is 79.9. The third-order valence-corrected chi connectivity index (χ3v) is 6.18. The second kappa shape index (κ2) is 8.64. The maximum atomic E-state index is 12.6. The minimum absolute atomic E-state index is 0. The van der Waals surface area contributed by atoms with Crippen LogP contribution in [0.3, 0.4) is 0 Å². The van der Waals surface area contributed by atoms with Crippen LogP contribution in [0.1, 0.15) is 12.8 Å². The van der Waals surface area contributed by atoms with E-state index < -0.39 is 10.0 Å². The first-order chi connectivity index (χ1) is 10.4. The van der Waals surface area contributed by atoms with Crippen LogP contribution in [0.4, 0.5) is 0 Å². The van der Waals surface area contributed by atoms with E-state index >= 15 is 0 Å². The Balaban J connectivity index is 0.00000264. The molecule has 2 N–H and O–H groups in total. The molecular weight excluding hydrogens is 408 g/mol. The van der Waals surface area contributed by atoms with Gasteiger partial charge in [-0.3, -0.25) is 0 Å². The highest BCUT2D eigenvalue weighted by Gasteiger charge is 2.35. The first kappa shape index (κ1) is 20.7. The maximum absolute atomic E-state index is 12.6. The molecule has 1 aliphatic rings. The predicted molar refractivity (Wildman–Crippen MR) is 95.0 cm³/mol. The van der Waals surface area contributed by atoms with Crippen LogP contribution in [0, 0.1) is 0 Å². The Bertz CT molecular complexity index is 621. The summed E-state index contributed by atoms with van der Waals surface area (Å²) in [6, 6.07) is 4.86. The second-order valence-electron chi connectivity index (χ2n) is 5.36. The summed E-state index contributed by atoms with van der Waals surface area (Å²) in [6.45, 7) is 1.62. The van der Waals surface area contributed by atoms with Crippen molar-refractivity contribution in [3.8, 4) is 5.75 Å². The van der Waals surface area contributed by atoms with E-state index in [9.17, 15) is 8.42 Å². The average molecular weight is 430 g/mol. The topological polar surface area (TPSA) is 76.7 Å². The van der Waals surface area contributed by atoms with Crippen LogP contribution in [0.2, 0.25) is 0 Å². The van der Waals surface area contributed by atoms with E-state index in [2.05, 4.69) is 26.0 Å². The molecule has 1 aromatic carbocycles. The zero-order chi connectivity index (χ0) is 16.2. The first-order valence-electron chi connectivity index (χ1n) is 7.00. The summed E-state index contributed by atoms with van der Waals surface area (Å²) < 4.78 is 38.6. The number of nitrogens with one attached hydrogen (secondary N) is 2. The van der Waals surface area contributed by atoms with Crippen LogP contribution in [0.5, 0.6) is 5.75 Å². The minimum Gasteiger partial charge on any atom is -0.497 e. The maximum Gasteiger partial charge on any atom is 0.241 e. The Morgan fingerprint density at radius 2 is 2.13 bits per heavy atom. The van der Waals surface area contributed by atoms with Crippen molar-refractivity contribution in [3.05, 3.63) is 22.7 Å². The molecule has 1 fully saturated rings. The van der Waals surface area contributed by atoms with Crippen molar-refractivity contribution in [1.82, 2.24) is 10.0 Å². The summed E-state index contributed by atoms with van der Waals surface area (Å²) in [5.74, 6) is 0.495. The number of benzene rings is 1. The monoisotopic (exact) mass is 428 g/mol. The van der Waals surface area contributed by atoms with Crippen LogP contribution in [-0.4, -0.2) is 47.9 Å². The normalized spacial score (nSPS) is 21.0. The lowest BCUT2D eigenvalue weighted by Gasteiger charge is -2.29. The number of methoxy groups -OCH3 is 2. The van der Waals surface area contributed by atoms with Gasteiger partial charge in [0.25, 0.3) is 0 Å². The molecule has 1 heterocycles. The summed E-state index contributed by atoms with van der Waals surface area (Å²) in [7, 11) is -0.517. The van der Waals surface area contributed by atoms with Crippen molar-refractivity contribution in [2.45, 2.75) is 23.3 Å². The molecule has 0 aliphatic carbocycles. The number of hydrogen-bond acceptors (Lipinski definition) is 5. The zero-order valence-corrected chi connectivity index (χ0v) is 16.3. The molecule has 0 bridgehead atoms. The van der Waals surface area contributed by atoms with Gasteiger partial charge in [-0.15, -0.1) is 12.4 Å². The number of ether oxygens (including phenoxy) is 2. The van der Waals surface area contributed by atoms with E-state index in [0.717, 1.165) is 19.4 Å². The highest BCUT2D eigenvalue weighted by Crippen LogP contribution is 2.27. The molecule has 23 heavy (non-hydrogen) atoms. The molecule has 0 radical (unpaired) electrons. The SMILES string of the molecule is COCC1(CNS(=O)(=O)c2cc(OC)ccc2Br)CCCN1.Cl. The number of rotatable bonds is 7. The van der Waals surface area contributed by atoms with E-state index in [-0.39, 0.29) is 29.4 Å². The van der Waals surface area contributed by atoms with Gasteiger partial charge in [-0.2, -0.15) is 0 Å². The fourth-order valence-corrected chi connectivity index (χ4v) is 4.70. The van der Waals surface area contributed by atoms with Crippen molar-refractivity contribution in [2.75, 3.05) is 33.9 Å². The molecule has 1 aliphatic heterocycles. The smallest absolute Gasteiger partial charge is 0.241 e. The number of hydrogen-bond donors (Lipinski definition) is 2. The number of halogens is 2. The third kappa shape index (κ3) is 5.04. The van der Waals surface area contributed by atoms with Gasteiger partial charge in [-0.1, -0.05) is 0 Å². The fourth-order valence-electron chi connectivity index (χ4n) is 2.60. The van der Waals surface area contributed by atoms with E-state index in [1.165, 1.54) is 13.2 Å². The molecule has 0 saturated carbocycles. The third-order valence-electron chi connectivity index (χ3n) is 3.78. The zero-order valence-electron chi connectivity index (χ0n) is 13.1. The van der Waals surface area contributed by atoms with Crippen molar-refractivity contribution in [1.29, 1.82) is 0 Å². The van der Waals surface area contributed by atoms with Gasteiger partial charge >= 0.3 is 0 Å². The Labute approximate surface area is 151 Å². The van der Waals surface area contributed by atoms with Crippen molar-refractivity contribution in [2.24, 2.45) is 0 Å². The van der Waals surface area contributed by atoms with Gasteiger partial charge in [0.2, 0.25) is 10.0 Å². The van der Waals surface area contributed by atoms with Crippen molar-refractivity contribution in [3.63, 3.8) is 0 Å².